The van der Waals surface area contributed by atoms with Crippen molar-refractivity contribution in [2.45, 2.75) is 0 Å². The molecule has 0 heterocycles. The molecule has 27 heavy (non-hydrogen) atoms. The number of carbonyl (C=O) groups excluding carboxylic acids is 2. The lowest BCUT2D eigenvalue weighted by Crippen LogP contribution is -2.21. The average molecular weight is 398 g/mol. The number of rotatable bonds is 7. The Balaban J connectivity index is 2.05. The number of amides is 1. The molecule has 2 rings (SSSR count). The van der Waals surface area contributed by atoms with Crippen molar-refractivity contribution < 1.29 is 32.9 Å². The van der Waals surface area contributed by atoms with E-state index in [-0.39, 0.29) is 27.8 Å². The van der Waals surface area contributed by atoms with E-state index in [2.05, 4.69) is 5.32 Å². The number of nitrogens with one attached hydrogen (secondary N) is 1. The number of anilines is 1. The monoisotopic (exact) mass is 397 g/mol. The van der Waals surface area contributed by atoms with Crippen LogP contribution in [0.1, 0.15) is 10.4 Å². The summed E-state index contributed by atoms with van der Waals surface area (Å²) in [5, 5.41) is 2.45. The fraction of sp³-hybridized carbons (Fsp3) is 0.222. The number of hydrogen-bond acceptors (Lipinski definition) is 6. The lowest BCUT2D eigenvalue weighted by atomic mass is 10.2. The van der Waals surface area contributed by atoms with Gasteiger partial charge in [-0.15, -0.1) is 0 Å². The standard InChI is InChI=1S/C18H17ClFNO6/c1-24-14-6-10(7-15(25-2)17(14)26-3)18(23)27-9-16(22)21-13-5-4-11(20)8-12(13)19/h4-8H,9H2,1-3H3,(H,21,22). The van der Waals surface area contributed by atoms with Crippen molar-refractivity contribution >= 4 is 29.2 Å². The van der Waals surface area contributed by atoms with Gasteiger partial charge >= 0.3 is 5.97 Å². The molecule has 144 valence electrons. The second-order valence-corrected chi connectivity index (χ2v) is 5.57. The molecule has 0 saturated carbocycles. The van der Waals surface area contributed by atoms with Crippen molar-refractivity contribution in [1.82, 2.24) is 0 Å². The molecule has 1 N–H and O–H groups in total. The normalized spacial score (nSPS) is 10.1. The van der Waals surface area contributed by atoms with Crippen LogP contribution in [0.2, 0.25) is 5.02 Å². The summed E-state index contributed by atoms with van der Waals surface area (Å²) in [5.74, 6) is -1.08. The fourth-order valence-electron chi connectivity index (χ4n) is 2.19. The highest BCUT2D eigenvalue weighted by atomic mass is 35.5. The van der Waals surface area contributed by atoms with Crippen LogP contribution in [0.15, 0.2) is 30.3 Å². The molecule has 2 aromatic carbocycles. The van der Waals surface area contributed by atoms with Gasteiger partial charge in [-0.25, -0.2) is 9.18 Å². The maximum Gasteiger partial charge on any atom is 0.338 e. The van der Waals surface area contributed by atoms with Crippen molar-refractivity contribution in [3.05, 3.63) is 46.7 Å². The molecule has 0 aliphatic carbocycles. The Labute approximate surface area is 159 Å². The van der Waals surface area contributed by atoms with E-state index in [1.54, 1.807) is 0 Å². The topological polar surface area (TPSA) is 83.1 Å². The Morgan fingerprint density at radius 2 is 1.67 bits per heavy atom. The highest BCUT2D eigenvalue weighted by molar-refractivity contribution is 6.33. The number of benzene rings is 2. The van der Waals surface area contributed by atoms with Gasteiger partial charge in [0.15, 0.2) is 18.1 Å². The van der Waals surface area contributed by atoms with Gasteiger partial charge in [-0.2, -0.15) is 0 Å². The van der Waals surface area contributed by atoms with Crippen LogP contribution in [0, 0.1) is 5.82 Å². The third-order valence-corrected chi connectivity index (χ3v) is 3.75. The zero-order valence-corrected chi connectivity index (χ0v) is 15.6. The van der Waals surface area contributed by atoms with Gasteiger partial charge in [-0.3, -0.25) is 4.79 Å². The maximum absolute atomic E-state index is 13.0. The number of carbonyl (C=O) groups is 2. The van der Waals surface area contributed by atoms with Crippen LogP contribution in [0.5, 0.6) is 17.2 Å². The van der Waals surface area contributed by atoms with Crippen LogP contribution in [0.25, 0.3) is 0 Å². The Kier molecular flexibility index (Phi) is 6.84. The SMILES string of the molecule is COc1cc(C(=O)OCC(=O)Nc2ccc(F)cc2Cl)cc(OC)c1OC. The third-order valence-electron chi connectivity index (χ3n) is 3.44. The molecule has 0 fully saturated rings. The molecule has 0 radical (unpaired) electrons. The molecule has 0 spiro atoms. The molecule has 0 saturated heterocycles. The Morgan fingerprint density at radius 1 is 1.04 bits per heavy atom. The third kappa shape index (κ3) is 5.01. The first-order chi connectivity index (χ1) is 12.9. The van der Waals surface area contributed by atoms with Gasteiger partial charge in [0.1, 0.15) is 5.82 Å². The lowest BCUT2D eigenvalue weighted by Gasteiger charge is -2.14. The first-order valence-electron chi connectivity index (χ1n) is 7.61. The predicted octanol–water partition coefficient (Wildman–Crippen LogP) is 3.30. The molecular weight excluding hydrogens is 381 g/mol. The zero-order chi connectivity index (χ0) is 20.0. The number of halogens is 2. The van der Waals surface area contributed by atoms with Crippen LogP contribution in [-0.4, -0.2) is 39.8 Å². The van der Waals surface area contributed by atoms with Crippen LogP contribution in [-0.2, 0) is 9.53 Å². The maximum atomic E-state index is 13.0. The summed E-state index contributed by atoms with van der Waals surface area (Å²) in [6.45, 7) is -0.566. The van der Waals surface area contributed by atoms with Crippen molar-refractivity contribution in [2.75, 3.05) is 33.3 Å². The second kappa shape index (κ2) is 9.09. The molecule has 0 atom stereocenters. The molecule has 0 unspecified atom stereocenters. The minimum atomic E-state index is -0.769. The van der Waals surface area contributed by atoms with Crippen molar-refractivity contribution in [1.29, 1.82) is 0 Å². The van der Waals surface area contributed by atoms with Crippen LogP contribution < -0.4 is 19.5 Å². The predicted molar refractivity (Wildman–Crippen MR) is 96.4 cm³/mol. The van der Waals surface area contributed by atoms with E-state index >= 15 is 0 Å². The molecular formula is C18H17ClFNO6. The van der Waals surface area contributed by atoms with Crippen molar-refractivity contribution in [2.24, 2.45) is 0 Å². The molecule has 2 aromatic rings. The largest absolute Gasteiger partial charge is 0.493 e. The van der Waals surface area contributed by atoms with Gasteiger partial charge in [0.05, 0.1) is 37.6 Å². The second-order valence-electron chi connectivity index (χ2n) is 5.16. The van der Waals surface area contributed by atoms with Gasteiger partial charge in [0, 0.05) is 0 Å². The summed E-state index contributed by atoms with van der Waals surface area (Å²) in [4.78, 5) is 24.1. The van der Waals surface area contributed by atoms with E-state index in [0.29, 0.717) is 5.75 Å². The van der Waals surface area contributed by atoms with E-state index in [1.165, 1.54) is 39.5 Å². The molecule has 1 amide bonds. The van der Waals surface area contributed by atoms with E-state index in [1.807, 2.05) is 0 Å². The first kappa shape index (κ1) is 20.3. The molecule has 9 heteroatoms. The van der Waals surface area contributed by atoms with E-state index in [9.17, 15) is 14.0 Å². The highest BCUT2D eigenvalue weighted by Crippen LogP contribution is 2.38. The van der Waals surface area contributed by atoms with Crippen molar-refractivity contribution in [3.63, 3.8) is 0 Å². The van der Waals surface area contributed by atoms with Crippen LogP contribution in [0.4, 0.5) is 10.1 Å². The number of methoxy groups -OCH3 is 3. The van der Waals surface area contributed by atoms with E-state index in [4.69, 9.17) is 30.5 Å². The van der Waals surface area contributed by atoms with Crippen LogP contribution in [0.3, 0.4) is 0 Å². The zero-order valence-electron chi connectivity index (χ0n) is 14.8. The summed E-state index contributed by atoms with van der Waals surface area (Å²) >= 11 is 5.83. The summed E-state index contributed by atoms with van der Waals surface area (Å²) in [6, 6.07) is 6.30. The summed E-state index contributed by atoms with van der Waals surface area (Å²) in [6.07, 6.45) is 0. The minimum absolute atomic E-state index is 0.0271. The Bertz CT molecular complexity index is 833. The molecule has 0 aliphatic rings. The Morgan fingerprint density at radius 3 is 2.19 bits per heavy atom. The van der Waals surface area contributed by atoms with Crippen LogP contribution >= 0.6 is 11.6 Å². The molecule has 0 aromatic heterocycles. The minimum Gasteiger partial charge on any atom is -0.493 e. The first-order valence-corrected chi connectivity index (χ1v) is 7.99. The molecule has 0 bridgehead atoms. The van der Waals surface area contributed by atoms with Gasteiger partial charge in [0.25, 0.3) is 5.91 Å². The van der Waals surface area contributed by atoms with E-state index in [0.717, 1.165) is 12.1 Å². The summed E-state index contributed by atoms with van der Waals surface area (Å²) in [7, 11) is 4.25. The smallest absolute Gasteiger partial charge is 0.338 e. The Hall–Kier alpha value is -3.00. The molecule has 0 aliphatic heterocycles. The lowest BCUT2D eigenvalue weighted by molar-refractivity contribution is -0.119. The average Bonchev–Trinajstić information content (AvgIpc) is 2.66. The quantitative estimate of drug-likeness (QED) is 0.722. The number of hydrogen-bond donors (Lipinski definition) is 1. The molecule has 7 nitrogen and oxygen atoms in total. The van der Waals surface area contributed by atoms with Gasteiger partial charge in [-0.05, 0) is 30.3 Å². The summed E-state index contributed by atoms with van der Waals surface area (Å²) in [5.41, 5.74) is 0.309. The number of ether oxygens (including phenoxy) is 4. The van der Waals surface area contributed by atoms with E-state index < -0.39 is 24.3 Å². The number of esters is 1. The summed E-state index contributed by atoms with van der Waals surface area (Å²) < 4.78 is 33.5. The van der Waals surface area contributed by atoms with Gasteiger partial charge in [-0.1, -0.05) is 11.6 Å². The van der Waals surface area contributed by atoms with Gasteiger partial charge in [0.2, 0.25) is 5.75 Å². The van der Waals surface area contributed by atoms with Gasteiger partial charge < -0.3 is 24.3 Å². The highest BCUT2D eigenvalue weighted by Gasteiger charge is 2.19. The fourth-order valence-corrected chi connectivity index (χ4v) is 2.40. The van der Waals surface area contributed by atoms with Crippen molar-refractivity contribution in [3.8, 4) is 17.2 Å².